The van der Waals surface area contributed by atoms with E-state index in [4.69, 9.17) is 20.1 Å². The molecule has 0 aromatic heterocycles. The van der Waals surface area contributed by atoms with Crippen LogP contribution < -0.4 is 0 Å². The predicted octanol–water partition coefficient (Wildman–Crippen LogP) is 0.229. The Balaban J connectivity index is 0. The fourth-order valence-corrected chi connectivity index (χ4v) is 0.494. The van der Waals surface area contributed by atoms with Gasteiger partial charge in [0.1, 0.15) is 0 Å². The molecule has 0 aromatic carbocycles. The maximum atomic E-state index is 9.00. The van der Waals surface area contributed by atoms with Crippen LogP contribution in [0.3, 0.4) is 0 Å². The summed E-state index contributed by atoms with van der Waals surface area (Å²) in [4.78, 5) is 9.00. The van der Waals surface area contributed by atoms with Crippen molar-refractivity contribution in [3.8, 4) is 0 Å². The minimum absolute atomic E-state index is 0.375. The highest BCUT2D eigenvalue weighted by molar-refractivity contribution is 5.62. The molecule has 4 nitrogen and oxygen atoms in total. The molecule has 0 aliphatic carbocycles. The third kappa shape index (κ3) is 44.6. The largest absolute Gasteiger partial charge is 0.481 e. The first-order valence-electron chi connectivity index (χ1n) is 3.42. The highest BCUT2D eigenvalue weighted by Gasteiger charge is 1.98. The van der Waals surface area contributed by atoms with Gasteiger partial charge in [0, 0.05) is 6.92 Å². The van der Waals surface area contributed by atoms with E-state index in [9.17, 15) is 0 Å². The van der Waals surface area contributed by atoms with E-state index in [1.165, 1.54) is 0 Å². The molecule has 0 aliphatic heterocycles. The minimum atomic E-state index is -0.833. The van der Waals surface area contributed by atoms with Gasteiger partial charge in [0.05, 0.1) is 12.2 Å². The fraction of sp³-hybridized carbons (Fsp3) is 0.857. The molecule has 0 heterocycles. The molecule has 2 atom stereocenters. The first-order chi connectivity index (χ1) is 4.86. The van der Waals surface area contributed by atoms with Gasteiger partial charge < -0.3 is 15.3 Å². The highest BCUT2D eigenvalue weighted by atomic mass is 16.4. The van der Waals surface area contributed by atoms with Crippen molar-refractivity contribution >= 4 is 5.97 Å². The Hall–Kier alpha value is -0.610. The van der Waals surface area contributed by atoms with Crippen LogP contribution in [0, 0.1) is 0 Å². The molecule has 0 rings (SSSR count). The summed E-state index contributed by atoms with van der Waals surface area (Å²) >= 11 is 0. The summed E-state index contributed by atoms with van der Waals surface area (Å²) in [7, 11) is 0. The van der Waals surface area contributed by atoms with Gasteiger partial charge >= 0.3 is 0 Å². The third-order valence-electron chi connectivity index (χ3n) is 0.682. The van der Waals surface area contributed by atoms with E-state index in [-0.39, 0.29) is 12.2 Å². The van der Waals surface area contributed by atoms with Crippen molar-refractivity contribution in [1.82, 2.24) is 0 Å². The lowest BCUT2D eigenvalue weighted by Crippen LogP contribution is -2.10. The number of carboxylic acids is 1. The van der Waals surface area contributed by atoms with Crippen molar-refractivity contribution in [3.05, 3.63) is 0 Å². The highest BCUT2D eigenvalue weighted by Crippen LogP contribution is 1.93. The van der Waals surface area contributed by atoms with Crippen molar-refractivity contribution in [2.24, 2.45) is 0 Å². The number of aliphatic hydroxyl groups excluding tert-OH is 2. The van der Waals surface area contributed by atoms with Gasteiger partial charge in [-0.1, -0.05) is 0 Å². The van der Waals surface area contributed by atoms with E-state index in [1.54, 1.807) is 13.8 Å². The Morgan fingerprint density at radius 3 is 1.45 bits per heavy atom. The van der Waals surface area contributed by atoms with E-state index in [2.05, 4.69) is 0 Å². The van der Waals surface area contributed by atoms with Crippen LogP contribution in [0.1, 0.15) is 27.2 Å². The number of aliphatic carboxylic acids is 1. The van der Waals surface area contributed by atoms with Crippen molar-refractivity contribution < 1.29 is 20.1 Å². The first kappa shape index (κ1) is 13.0. The van der Waals surface area contributed by atoms with Gasteiger partial charge in [0.25, 0.3) is 5.97 Å². The first-order valence-corrected chi connectivity index (χ1v) is 3.42. The number of hydrogen-bond acceptors (Lipinski definition) is 3. The summed E-state index contributed by atoms with van der Waals surface area (Å²) < 4.78 is 0. The number of aliphatic hydroxyl groups is 2. The Bertz CT molecular complexity index is 88.6. The van der Waals surface area contributed by atoms with Gasteiger partial charge in [-0.3, -0.25) is 4.79 Å². The monoisotopic (exact) mass is 164 g/mol. The second kappa shape index (κ2) is 7.50. The second-order valence-corrected chi connectivity index (χ2v) is 2.45. The van der Waals surface area contributed by atoms with Crippen LogP contribution in [-0.4, -0.2) is 33.5 Å². The molecule has 4 heteroatoms. The van der Waals surface area contributed by atoms with E-state index in [0.717, 1.165) is 6.92 Å². The Labute approximate surface area is 66.5 Å². The summed E-state index contributed by atoms with van der Waals surface area (Å²) in [5.41, 5.74) is 0. The normalized spacial score (nSPS) is 14.3. The molecule has 0 amide bonds. The molecule has 0 radical (unpaired) electrons. The molecule has 68 valence electrons. The Morgan fingerprint density at radius 2 is 1.45 bits per heavy atom. The van der Waals surface area contributed by atoms with Gasteiger partial charge in [0.2, 0.25) is 0 Å². The molecular weight excluding hydrogens is 148 g/mol. The molecule has 0 spiro atoms. The standard InChI is InChI=1S/C5H12O2.C2H4O2/c1-4(6)3-5(2)7;1-2(3)4/h4-7H,3H2,1-2H3;1H3,(H,3,4). The van der Waals surface area contributed by atoms with Crippen LogP contribution in [0.4, 0.5) is 0 Å². The molecule has 0 saturated carbocycles. The number of carbonyl (C=O) groups is 1. The van der Waals surface area contributed by atoms with Crippen molar-refractivity contribution in [3.63, 3.8) is 0 Å². The summed E-state index contributed by atoms with van der Waals surface area (Å²) in [5, 5.41) is 24.5. The molecular formula is C7H16O4. The van der Waals surface area contributed by atoms with Crippen LogP contribution in [0.5, 0.6) is 0 Å². The van der Waals surface area contributed by atoms with Crippen LogP contribution in [0.25, 0.3) is 0 Å². The maximum absolute atomic E-state index is 9.00. The molecule has 0 bridgehead atoms. The average Bonchev–Trinajstić information content (AvgIpc) is 1.56. The van der Waals surface area contributed by atoms with Crippen molar-refractivity contribution in [2.75, 3.05) is 0 Å². The zero-order chi connectivity index (χ0) is 9.44. The minimum Gasteiger partial charge on any atom is -0.481 e. The smallest absolute Gasteiger partial charge is 0.300 e. The second-order valence-electron chi connectivity index (χ2n) is 2.45. The summed E-state index contributed by atoms with van der Waals surface area (Å²) in [6.07, 6.45) is -0.278. The Kier molecular flexibility index (Phi) is 8.87. The van der Waals surface area contributed by atoms with Crippen LogP contribution in [0.15, 0.2) is 0 Å². The molecule has 0 fully saturated rings. The summed E-state index contributed by atoms with van der Waals surface area (Å²) in [6.45, 7) is 4.40. The van der Waals surface area contributed by atoms with Gasteiger partial charge in [-0.2, -0.15) is 0 Å². The van der Waals surface area contributed by atoms with Crippen LogP contribution in [0.2, 0.25) is 0 Å². The maximum Gasteiger partial charge on any atom is 0.300 e. The van der Waals surface area contributed by atoms with E-state index >= 15 is 0 Å². The number of carboxylic acid groups (broad SMARTS) is 1. The van der Waals surface area contributed by atoms with E-state index < -0.39 is 5.97 Å². The summed E-state index contributed by atoms with van der Waals surface area (Å²) in [6, 6.07) is 0. The molecule has 0 aliphatic rings. The fourth-order valence-electron chi connectivity index (χ4n) is 0.494. The van der Waals surface area contributed by atoms with Gasteiger partial charge in [0.15, 0.2) is 0 Å². The average molecular weight is 164 g/mol. The molecule has 0 saturated heterocycles. The van der Waals surface area contributed by atoms with Gasteiger partial charge in [-0.05, 0) is 20.3 Å². The van der Waals surface area contributed by atoms with Crippen molar-refractivity contribution in [2.45, 2.75) is 39.4 Å². The molecule has 0 aromatic rings. The van der Waals surface area contributed by atoms with Crippen LogP contribution in [-0.2, 0) is 4.79 Å². The lowest BCUT2D eigenvalue weighted by Gasteiger charge is -2.04. The zero-order valence-corrected chi connectivity index (χ0v) is 7.11. The zero-order valence-electron chi connectivity index (χ0n) is 7.11. The topological polar surface area (TPSA) is 77.8 Å². The molecule has 2 unspecified atom stereocenters. The van der Waals surface area contributed by atoms with Gasteiger partial charge in [-0.25, -0.2) is 0 Å². The van der Waals surface area contributed by atoms with E-state index in [1.807, 2.05) is 0 Å². The summed E-state index contributed by atoms with van der Waals surface area (Å²) in [5.74, 6) is -0.833. The lowest BCUT2D eigenvalue weighted by molar-refractivity contribution is -0.134. The van der Waals surface area contributed by atoms with Gasteiger partial charge in [-0.15, -0.1) is 0 Å². The third-order valence-corrected chi connectivity index (χ3v) is 0.682. The van der Waals surface area contributed by atoms with E-state index in [0.29, 0.717) is 6.42 Å². The van der Waals surface area contributed by atoms with Crippen molar-refractivity contribution in [1.29, 1.82) is 0 Å². The number of rotatable bonds is 2. The van der Waals surface area contributed by atoms with Crippen LogP contribution >= 0.6 is 0 Å². The Morgan fingerprint density at radius 1 is 1.27 bits per heavy atom. The molecule has 3 N–H and O–H groups in total. The quantitative estimate of drug-likeness (QED) is 0.546. The lowest BCUT2D eigenvalue weighted by atomic mass is 10.2. The number of hydrogen-bond donors (Lipinski definition) is 3. The SMILES string of the molecule is CC(=O)O.CC(O)CC(C)O. The predicted molar refractivity (Wildman–Crippen MR) is 41.3 cm³/mol. The molecule has 11 heavy (non-hydrogen) atoms.